The lowest BCUT2D eigenvalue weighted by molar-refractivity contribution is -0.154. The molecule has 12 heteroatoms. The zero-order chi connectivity index (χ0) is 24.8. The molecule has 3 atom stereocenters. The van der Waals surface area contributed by atoms with Gasteiger partial charge in [0.15, 0.2) is 11.6 Å². The highest BCUT2D eigenvalue weighted by Gasteiger charge is 2.32. The molecule has 0 aromatic carbocycles. The number of piperazine rings is 1. The molecule has 3 N–H and O–H groups in total. The van der Waals surface area contributed by atoms with Crippen molar-refractivity contribution in [1.82, 2.24) is 25.4 Å². The van der Waals surface area contributed by atoms with Gasteiger partial charge in [-0.25, -0.2) is 5.06 Å². The van der Waals surface area contributed by atoms with E-state index in [2.05, 4.69) is 32.6 Å². The van der Waals surface area contributed by atoms with Crippen LogP contribution in [0.25, 0.3) is 0 Å². The van der Waals surface area contributed by atoms with Gasteiger partial charge in [0, 0.05) is 25.2 Å². The smallest absolute Gasteiger partial charge is 0.243 e. The normalized spacial score (nSPS) is 22.5. The minimum Gasteiger partial charge on any atom is -0.348 e. The van der Waals surface area contributed by atoms with E-state index in [0.717, 1.165) is 38.6 Å². The molecule has 1 aromatic heterocycles. The van der Waals surface area contributed by atoms with Gasteiger partial charge in [-0.15, -0.1) is 0 Å². The molecule has 3 rings (SSSR count). The van der Waals surface area contributed by atoms with Crippen LogP contribution in [0.1, 0.15) is 52.4 Å². The number of hydrogen-bond acceptors (Lipinski definition) is 8. The molecule has 1 aromatic rings. The maximum atomic E-state index is 15.4. The SMILES string of the molecule is CC[C@@H]1CN(c2nc(Cl)nc(NNC(=O)[C@H](CC3CCCC3)CN(O)C=O)c2F)[C@H](C)CN1C. The van der Waals surface area contributed by atoms with E-state index in [-0.39, 0.29) is 42.0 Å². The monoisotopic (exact) mass is 499 g/mol. The molecule has 2 amide bonds. The van der Waals surface area contributed by atoms with Gasteiger partial charge in [-0.3, -0.25) is 30.5 Å². The average molecular weight is 500 g/mol. The van der Waals surface area contributed by atoms with Crippen molar-refractivity contribution >= 4 is 35.6 Å². The van der Waals surface area contributed by atoms with E-state index in [0.29, 0.717) is 23.9 Å². The highest BCUT2D eigenvalue weighted by Crippen LogP contribution is 2.31. The van der Waals surface area contributed by atoms with Crippen LogP contribution in [0.2, 0.25) is 5.28 Å². The van der Waals surface area contributed by atoms with E-state index in [1.807, 2.05) is 18.9 Å². The molecule has 0 spiro atoms. The third-order valence-electron chi connectivity index (χ3n) is 6.96. The molecule has 1 aliphatic heterocycles. The van der Waals surface area contributed by atoms with Crippen molar-refractivity contribution < 1.29 is 19.2 Å². The second kappa shape index (κ2) is 11.9. The first-order valence-electron chi connectivity index (χ1n) is 11.9. The zero-order valence-electron chi connectivity index (χ0n) is 20.0. The number of nitrogens with zero attached hydrogens (tertiary/aromatic N) is 5. The molecular formula is C22H35ClFN7O3. The molecule has 10 nitrogen and oxygen atoms in total. The van der Waals surface area contributed by atoms with Crippen molar-refractivity contribution in [3.8, 4) is 0 Å². The third kappa shape index (κ3) is 6.45. The number of rotatable bonds is 10. The summed E-state index contributed by atoms with van der Waals surface area (Å²) in [7, 11) is 2.05. The summed E-state index contributed by atoms with van der Waals surface area (Å²) in [6.07, 6.45) is 5.91. The van der Waals surface area contributed by atoms with Gasteiger partial charge in [0.2, 0.25) is 23.4 Å². The van der Waals surface area contributed by atoms with Gasteiger partial charge >= 0.3 is 0 Å². The maximum Gasteiger partial charge on any atom is 0.243 e. The Morgan fingerprint density at radius 1 is 1.35 bits per heavy atom. The summed E-state index contributed by atoms with van der Waals surface area (Å²) < 4.78 is 15.4. The number of likely N-dealkylation sites (N-methyl/N-ethyl adjacent to an activating group) is 1. The predicted octanol–water partition coefficient (Wildman–Crippen LogP) is 2.68. The van der Waals surface area contributed by atoms with Crippen LogP contribution in [-0.4, -0.2) is 76.2 Å². The number of carbonyl (C=O) groups excluding carboxylic acids is 2. The molecule has 1 saturated heterocycles. The molecule has 0 bridgehead atoms. The minimum atomic E-state index is -0.708. The van der Waals surface area contributed by atoms with Crippen molar-refractivity contribution in [2.24, 2.45) is 11.8 Å². The van der Waals surface area contributed by atoms with Crippen LogP contribution in [-0.2, 0) is 9.59 Å². The molecule has 2 aliphatic rings. The summed E-state index contributed by atoms with van der Waals surface area (Å²) in [5.74, 6) is -1.65. The Labute approximate surface area is 204 Å². The van der Waals surface area contributed by atoms with Crippen molar-refractivity contribution in [2.75, 3.05) is 37.0 Å². The highest BCUT2D eigenvalue weighted by atomic mass is 35.5. The Morgan fingerprint density at radius 2 is 2.06 bits per heavy atom. The lowest BCUT2D eigenvalue weighted by atomic mass is 9.92. The maximum absolute atomic E-state index is 15.4. The first kappa shape index (κ1) is 26.4. The largest absolute Gasteiger partial charge is 0.348 e. The molecule has 34 heavy (non-hydrogen) atoms. The van der Waals surface area contributed by atoms with E-state index >= 15 is 4.39 Å². The molecule has 190 valence electrons. The molecule has 1 saturated carbocycles. The van der Waals surface area contributed by atoms with Crippen LogP contribution in [0.3, 0.4) is 0 Å². The molecular weight excluding hydrogens is 465 g/mol. The van der Waals surface area contributed by atoms with Gasteiger partial charge in [-0.2, -0.15) is 14.4 Å². The van der Waals surface area contributed by atoms with Crippen LogP contribution in [0.5, 0.6) is 0 Å². The van der Waals surface area contributed by atoms with Crippen molar-refractivity contribution in [3.05, 3.63) is 11.1 Å². The van der Waals surface area contributed by atoms with Crippen LogP contribution in [0, 0.1) is 17.7 Å². The quantitative estimate of drug-likeness (QED) is 0.195. The van der Waals surface area contributed by atoms with Gasteiger partial charge in [0.05, 0.1) is 12.5 Å². The van der Waals surface area contributed by atoms with Gasteiger partial charge in [-0.05, 0) is 44.3 Å². The standard InChI is InChI=1S/C22H35ClFN7O3/c1-4-17-12-31(14(2)10-29(17)3)20-18(24)19(25-22(23)26-20)27-28-21(33)16(11-30(34)13-32)9-15-7-5-6-8-15/h13-17,34H,4-12H2,1-3H3,(H,28,33)(H,25,26,27)/t14-,16-,17-/m1/s1. The van der Waals surface area contributed by atoms with Gasteiger partial charge < -0.3 is 4.90 Å². The van der Waals surface area contributed by atoms with Crippen molar-refractivity contribution in [3.63, 3.8) is 0 Å². The van der Waals surface area contributed by atoms with Crippen molar-refractivity contribution in [2.45, 2.75) is 64.5 Å². The average Bonchev–Trinajstić information content (AvgIpc) is 3.32. The Bertz CT molecular complexity index is 858. The number of hydrogen-bond donors (Lipinski definition) is 3. The minimum absolute atomic E-state index is 0.00498. The van der Waals surface area contributed by atoms with Crippen LogP contribution < -0.4 is 15.8 Å². The number of nitrogens with one attached hydrogen (secondary N) is 2. The molecule has 2 fully saturated rings. The number of aromatic nitrogens is 2. The number of amides is 2. The van der Waals surface area contributed by atoms with E-state index in [1.165, 1.54) is 0 Å². The van der Waals surface area contributed by atoms with Gasteiger partial charge in [0.25, 0.3) is 0 Å². The van der Waals surface area contributed by atoms with E-state index in [1.54, 1.807) is 0 Å². The number of hydrazine groups is 1. The van der Waals surface area contributed by atoms with Gasteiger partial charge in [0.1, 0.15) is 0 Å². The topological polar surface area (TPSA) is 114 Å². The second-order valence-corrected chi connectivity index (χ2v) is 9.74. The molecule has 2 heterocycles. The molecule has 1 aliphatic carbocycles. The Kier molecular flexibility index (Phi) is 9.26. The Morgan fingerprint density at radius 3 is 2.71 bits per heavy atom. The molecule has 0 radical (unpaired) electrons. The summed E-state index contributed by atoms with van der Waals surface area (Å²) in [5.41, 5.74) is 5.02. The fourth-order valence-electron chi connectivity index (χ4n) is 5.03. The lowest BCUT2D eigenvalue weighted by Gasteiger charge is -2.44. The summed E-state index contributed by atoms with van der Waals surface area (Å²) in [6, 6.07) is 0.251. The van der Waals surface area contributed by atoms with Crippen LogP contribution in [0.15, 0.2) is 0 Å². The summed E-state index contributed by atoms with van der Waals surface area (Å²) in [5, 5.41) is 9.96. The number of carbonyl (C=O) groups is 2. The first-order chi connectivity index (χ1) is 16.2. The van der Waals surface area contributed by atoms with Crippen LogP contribution >= 0.6 is 11.6 Å². The number of hydroxylamine groups is 2. The summed E-state index contributed by atoms with van der Waals surface area (Å²) in [6.45, 7) is 5.26. The van der Waals surface area contributed by atoms with E-state index in [9.17, 15) is 14.8 Å². The van der Waals surface area contributed by atoms with Crippen LogP contribution in [0.4, 0.5) is 16.0 Å². The zero-order valence-corrected chi connectivity index (χ0v) is 20.8. The van der Waals surface area contributed by atoms with Crippen molar-refractivity contribution in [1.29, 1.82) is 0 Å². The van der Waals surface area contributed by atoms with Gasteiger partial charge in [-0.1, -0.05) is 32.6 Å². The number of halogens is 2. The molecule has 0 unspecified atom stereocenters. The Balaban J connectivity index is 1.73. The second-order valence-electron chi connectivity index (χ2n) is 9.41. The highest BCUT2D eigenvalue weighted by molar-refractivity contribution is 6.28. The predicted molar refractivity (Wildman–Crippen MR) is 127 cm³/mol. The Hall–Kier alpha value is -2.24. The fourth-order valence-corrected chi connectivity index (χ4v) is 5.20. The summed E-state index contributed by atoms with van der Waals surface area (Å²) in [4.78, 5) is 35.9. The third-order valence-corrected chi connectivity index (χ3v) is 7.13. The van der Waals surface area contributed by atoms with E-state index in [4.69, 9.17) is 11.6 Å². The number of anilines is 2. The lowest BCUT2D eigenvalue weighted by Crippen LogP contribution is -2.56. The fraction of sp³-hybridized carbons (Fsp3) is 0.727. The van der Waals surface area contributed by atoms with E-state index < -0.39 is 17.6 Å². The first-order valence-corrected chi connectivity index (χ1v) is 12.3. The summed E-state index contributed by atoms with van der Waals surface area (Å²) >= 11 is 6.11.